The summed E-state index contributed by atoms with van der Waals surface area (Å²) in [5, 5.41) is 0.646. The lowest BCUT2D eigenvalue weighted by atomic mass is 9.96. The second kappa shape index (κ2) is 6.02. The molecule has 1 fully saturated rings. The van der Waals surface area contributed by atoms with Crippen molar-refractivity contribution in [1.82, 2.24) is 4.90 Å². The quantitative estimate of drug-likeness (QED) is 0.730. The first kappa shape index (κ1) is 15.1. The molecule has 19 heavy (non-hydrogen) atoms. The summed E-state index contributed by atoms with van der Waals surface area (Å²) in [4.78, 5) is 2.02. The standard InChI is InChI=1S/C13H14BrClF3N/c14-11-2-1-3-12(15)10(11)8-19-6-4-9(5-7-19)13(16,17)18/h1-3,9H,4-8H2. The maximum absolute atomic E-state index is 12.6. The number of likely N-dealkylation sites (tertiary alicyclic amines) is 1. The van der Waals surface area contributed by atoms with Gasteiger partial charge in [0.15, 0.2) is 0 Å². The third kappa shape index (κ3) is 3.86. The zero-order chi connectivity index (χ0) is 14.0. The predicted octanol–water partition coefficient (Wildman–Crippen LogP) is 4.88. The highest BCUT2D eigenvalue weighted by atomic mass is 79.9. The van der Waals surface area contributed by atoms with Crippen LogP contribution in [0.3, 0.4) is 0 Å². The zero-order valence-corrected chi connectivity index (χ0v) is 12.5. The largest absolute Gasteiger partial charge is 0.391 e. The molecule has 1 nitrogen and oxygen atoms in total. The van der Waals surface area contributed by atoms with E-state index in [1.807, 2.05) is 17.0 Å². The van der Waals surface area contributed by atoms with Crippen LogP contribution in [-0.4, -0.2) is 24.2 Å². The van der Waals surface area contributed by atoms with Gasteiger partial charge in [0.25, 0.3) is 0 Å². The Morgan fingerprint density at radius 2 is 1.89 bits per heavy atom. The minimum absolute atomic E-state index is 0.172. The van der Waals surface area contributed by atoms with Crippen molar-refractivity contribution >= 4 is 27.5 Å². The Kier molecular flexibility index (Phi) is 4.79. The van der Waals surface area contributed by atoms with Gasteiger partial charge >= 0.3 is 6.18 Å². The van der Waals surface area contributed by atoms with E-state index in [9.17, 15) is 13.2 Å². The summed E-state index contributed by atoms with van der Waals surface area (Å²) in [5.74, 6) is -1.15. The van der Waals surface area contributed by atoms with E-state index in [0.29, 0.717) is 24.7 Å². The fourth-order valence-corrected chi connectivity index (χ4v) is 3.17. The van der Waals surface area contributed by atoms with Gasteiger partial charge in [0, 0.05) is 16.0 Å². The molecule has 0 amide bonds. The van der Waals surface area contributed by atoms with Crippen molar-refractivity contribution in [3.63, 3.8) is 0 Å². The molecular weight excluding hydrogens is 343 g/mol. The summed E-state index contributed by atoms with van der Waals surface area (Å²) in [6.45, 7) is 1.51. The monoisotopic (exact) mass is 355 g/mol. The van der Waals surface area contributed by atoms with Gasteiger partial charge in [-0.05, 0) is 43.6 Å². The number of nitrogens with zero attached hydrogens (tertiary/aromatic N) is 1. The molecule has 1 heterocycles. The first-order valence-corrected chi connectivity index (χ1v) is 7.27. The van der Waals surface area contributed by atoms with Crippen molar-refractivity contribution in [3.05, 3.63) is 33.3 Å². The number of piperidine rings is 1. The van der Waals surface area contributed by atoms with Crippen molar-refractivity contribution in [1.29, 1.82) is 0 Å². The third-order valence-corrected chi connectivity index (χ3v) is 4.59. The van der Waals surface area contributed by atoms with Crippen LogP contribution in [-0.2, 0) is 6.54 Å². The summed E-state index contributed by atoms with van der Waals surface area (Å²) in [5.41, 5.74) is 0.939. The molecule has 0 bridgehead atoms. The van der Waals surface area contributed by atoms with Crippen LogP contribution in [0.1, 0.15) is 18.4 Å². The van der Waals surface area contributed by atoms with E-state index in [2.05, 4.69) is 15.9 Å². The predicted molar refractivity (Wildman–Crippen MR) is 73.2 cm³/mol. The minimum Gasteiger partial charge on any atom is -0.299 e. The van der Waals surface area contributed by atoms with Crippen LogP contribution in [0.2, 0.25) is 5.02 Å². The normalized spacial score (nSPS) is 18.8. The van der Waals surface area contributed by atoms with E-state index >= 15 is 0 Å². The van der Waals surface area contributed by atoms with Gasteiger partial charge in [-0.15, -0.1) is 0 Å². The van der Waals surface area contributed by atoms with Crippen molar-refractivity contribution < 1.29 is 13.2 Å². The molecule has 1 aliphatic rings. The van der Waals surface area contributed by atoms with Crippen LogP contribution in [0.5, 0.6) is 0 Å². The first-order valence-electron chi connectivity index (χ1n) is 6.10. The fraction of sp³-hybridized carbons (Fsp3) is 0.538. The Labute approximate surface area is 123 Å². The summed E-state index contributed by atoms with van der Waals surface area (Å²) < 4.78 is 38.6. The zero-order valence-electron chi connectivity index (χ0n) is 10.2. The second-order valence-corrected chi connectivity index (χ2v) is 6.05. The van der Waals surface area contributed by atoms with Gasteiger partial charge in [-0.3, -0.25) is 4.90 Å². The summed E-state index contributed by atoms with van der Waals surface area (Å²) in [6.07, 6.45) is -3.71. The molecule has 106 valence electrons. The fourth-order valence-electron chi connectivity index (χ4n) is 2.33. The summed E-state index contributed by atoms with van der Waals surface area (Å²) in [6, 6.07) is 5.53. The van der Waals surface area contributed by atoms with Crippen LogP contribution in [0, 0.1) is 5.92 Å². The minimum atomic E-state index is -4.06. The van der Waals surface area contributed by atoms with Crippen LogP contribution >= 0.6 is 27.5 Å². The highest BCUT2D eigenvalue weighted by Gasteiger charge is 2.41. The van der Waals surface area contributed by atoms with Crippen molar-refractivity contribution in [3.8, 4) is 0 Å². The molecule has 1 aromatic carbocycles. The van der Waals surface area contributed by atoms with E-state index in [1.165, 1.54) is 0 Å². The molecule has 6 heteroatoms. The van der Waals surface area contributed by atoms with E-state index in [4.69, 9.17) is 11.6 Å². The lowest BCUT2D eigenvalue weighted by Gasteiger charge is -2.33. The van der Waals surface area contributed by atoms with Gasteiger partial charge in [0.05, 0.1) is 5.92 Å². The number of benzene rings is 1. The third-order valence-electron chi connectivity index (χ3n) is 3.49. The Morgan fingerprint density at radius 1 is 1.26 bits per heavy atom. The number of hydrogen-bond acceptors (Lipinski definition) is 1. The Balaban J connectivity index is 1.96. The van der Waals surface area contributed by atoms with E-state index in [0.717, 1.165) is 10.0 Å². The smallest absolute Gasteiger partial charge is 0.299 e. The molecule has 0 aliphatic carbocycles. The Hall–Kier alpha value is -0.260. The number of halogens is 5. The van der Waals surface area contributed by atoms with Crippen molar-refractivity contribution in [2.75, 3.05) is 13.1 Å². The van der Waals surface area contributed by atoms with Gasteiger partial charge in [0.2, 0.25) is 0 Å². The van der Waals surface area contributed by atoms with Gasteiger partial charge in [-0.2, -0.15) is 13.2 Å². The molecule has 0 aromatic heterocycles. The lowest BCUT2D eigenvalue weighted by Crippen LogP contribution is -2.38. The SMILES string of the molecule is FC(F)(F)C1CCN(Cc2c(Cl)cccc2Br)CC1. The highest BCUT2D eigenvalue weighted by molar-refractivity contribution is 9.10. The number of rotatable bonds is 2. The highest BCUT2D eigenvalue weighted by Crippen LogP contribution is 2.35. The average molecular weight is 357 g/mol. The summed E-state index contributed by atoms with van der Waals surface area (Å²) >= 11 is 9.54. The van der Waals surface area contributed by atoms with E-state index in [-0.39, 0.29) is 12.8 Å². The number of alkyl halides is 3. The van der Waals surface area contributed by atoms with Crippen molar-refractivity contribution in [2.45, 2.75) is 25.6 Å². The maximum Gasteiger partial charge on any atom is 0.391 e. The van der Waals surface area contributed by atoms with Crippen LogP contribution in [0.4, 0.5) is 13.2 Å². The van der Waals surface area contributed by atoms with Gasteiger partial charge in [0.1, 0.15) is 0 Å². The molecule has 1 aliphatic heterocycles. The lowest BCUT2D eigenvalue weighted by molar-refractivity contribution is -0.185. The Morgan fingerprint density at radius 3 is 2.42 bits per heavy atom. The van der Waals surface area contributed by atoms with Gasteiger partial charge in [-0.25, -0.2) is 0 Å². The molecule has 0 saturated carbocycles. The molecule has 0 atom stereocenters. The summed E-state index contributed by atoms with van der Waals surface area (Å²) in [7, 11) is 0. The molecule has 1 aromatic rings. The van der Waals surface area contributed by atoms with Gasteiger partial charge in [-0.1, -0.05) is 33.6 Å². The Bertz CT molecular complexity index is 422. The first-order chi connectivity index (χ1) is 8.88. The molecule has 0 radical (unpaired) electrons. The average Bonchev–Trinajstić information content (AvgIpc) is 2.33. The molecule has 0 N–H and O–H groups in total. The molecule has 0 unspecified atom stereocenters. The van der Waals surface area contributed by atoms with Crippen molar-refractivity contribution in [2.24, 2.45) is 5.92 Å². The molecule has 2 rings (SSSR count). The van der Waals surface area contributed by atoms with E-state index in [1.54, 1.807) is 6.07 Å². The maximum atomic E-state index is 12.6. The van der Waals surface area contributed by atoms with Crippen LogP contribution < -0.4 is 0 Å². The molecule has 0 spiro atoms. The number of hydrogen-bond donors (Lipinski definition) is 0. The second-order valence-electron chi connectivity index (χ2n) is 4.79. The topological polar surface area (TPSA) is 3.24 Å². The van der Waals surface area contributed by atoms with Crippen LogP contribution in [0.15, 0.2) is 22.7 Å². The molecule has 1 saturated heterocycles. The van der Waals surface area contributed by atoms with Crippen LogP contribution in [0.25, 0.3) is 0 Å². The van der Waals surface area contributed by atoms with E-state index < -0.39 is 12.1 Å². The van der Waals surface area contributed by atoms with Gasteiger partial charge < -0.3 is 0 Å². The molecular formula is C13H14BrClF3N.